The molecule has 1 unspecified atom stereocenters. The van der Waals surface area contributed by atoms with Gasteiger partial charge in [-0.2, -0.15) is 5.26 Å². The molecule has 0 aromatic carbocycles. The molecular weight excluding hydrogens is 188 g/mol. The van der Waals surface area contributed by atoms with E-state index in [0.29, 0.717) is 5.92 Å². The molecule has 1 atom stereocenters. The van der Waals surface area contributed by atoms with Crippen LogP contribution in [0.15, 0.2) is 0 Å². The maximum atomic E-state index is 12.0. The Kier molecular flexibility index (Phi) is 2.68. The van der Waals surface area contributed by atoms with E-state index in [1.54, 1.807) is 0 Å². The SMILES string of the molecule is CC1(C(=O)NC(C#N)C2CC2)CCCC1. The van der Waals surface area contributed by atoms with Gasteiger partial charge in [0, 0.05) is 5.41 Å². The smallest absolute Gasteiger partial charge is 0.226 e. The van der Waals surface area contributed by atoms with Gasteiger partial charge in [0.15, 0.2) is 0 Å². The first-order valence-corrected chi connectivity index (χ1v) is 5.86. The average molecular weight is 206 g/mol. The van der Waals surface area contributed by atoms with Crippen molar-refractivity contribution in [3.63, 3.8) is 0 Å². The molecule has 0 aliphatic heterocycles. The third kappa shape index (κ3) is 2.14. The van der Waals surface area contributed by atoms with Gasteiger partial charge in [-0.15, -0.1) is 0 Å². The lowest BCUT2D eigenvalue weighted by atomic mass is 9.87. The zero-order valence-corrected chi connectivity index (χ0v) is 9.25. The van der Waals surface area contributed by atoms with Crippen LogP contribution in [0.3, 0.4) is 0 Å². The van der Waals surface area contributed by atoms with Crippen molar-refractivity contribution in [1.82, 2.24) is 5.32 Å². The zero-order chi connectivity index (χ0) is 10.9. The average Bonchev–Trinajstić information content (AvgIpc) is 2.97. The molecule has 0 saturated heterocycles. The number of rotatable bonds is 3. The Bertz CT molecular complexity index is 295. The molecule has 15 heavy (non-hydrogen) atoms. The lowest BCUT2D eigenvalue weighted by Crippen LogP contribution is -2.43. The van der Waals surface area contributed by atoms with Crippen molar-refractivity contribution >= 4 is 5.91 Å². The van der Waals surface area contributed by atoms with E-state index in [4.69, 9.17) is 5.26 Å². The fraction of sp³-hybridized carbons (Fsp3) is 0.833. The van der Waals surface area contributed by atoms with Gasteiger partial charge in [-0.1, -0.05) is 19.8 Å². The van der Waals surface area contributed by atoms with Crippen molar-refractivity contribution in [2.24, 2.45) is 11.3 Å². The summed E-state index contributed by atoms with van der Waals surface area (Å²) in [6, 6.07) is 1.96. The second-order valence-corrected chi connectivity index (χ2v) is 5.19. The molecule has 0 spiro atoms. The maximum absolute atomic E-state index is 12.0. The molecule has 3 heteroatoms. The van der Waals surface area contributed by atoms with Gasteiger partial charge < -0.3 is 5.32 Å². The Balaban J connectivity index is 1.93. The van der Waals surface area contributed by atoms with Crippen LogP contribution in [0.2, 0.25) is 0 Å². The fourth-order valence-corrected chi connectivity index (χ4v) is 2.38. The molecule has 2 fully saturated rings. The number of nitriles is 1. The molecule has 2 saturated carbocycles. The molecule has 0 heterocycles. The Morgan fingerprint density at radius 2 is 2.07 bits per heavy atom. The third-order valence-electron chi connectivity index (χ3n) is 3.77. The van der Waals surface area contributed by atoms with Crippen LogP contribution in [-0.2, 0) is 4.79 Å². The normalized spacial score (nSPS) is 25.6. The van der Waals surface area contributed by atoms with E-state index in [9.17, 15) is 4.79 Å². The van der Waals surface area contributed by atoms with Crippen LogP contribution in [0, 0.1) is 22.7 Å². The van der Waals surface area contributed by atoms with Crippen LogP contribution < -0.4 is 5.32 Å². The molecule has 0 bridgehead atoms. The van der Waals surface area contributed by atoms with Gasteiger partial charge in [-0.3, -0.25) is 4.79 Å². The third-order valence-corrected chi connectivity index (χ3v) is 3.77. The lowest BCUT2D eigenvalue weighted by Gasteiger charge is -2.24. The summed E-state index contributed by atoms with van der Waals surface area (Å²) in [5.74, 6) is 0.516. The Hall–Kier alpha value is -1.04. The molecule has 1 N–H and O–H groups in total. The topological polar surface area (TPSA) is 52.9 Å². The highest BCUT2D eigenvalue weighted by Crippen LogP contribution is 2.39. The molecule has 2 rings (SSSR count). The molecule has 82 valence electrons. The summed E-state index contributed by atoms with van der Waals surface area (Å²) < 4.78 is 0. The van der Waals surface area contributed by atoms with Gasteiger partial charge >= 0.3 is 0 Å². The highest BCUT2D eigenvalue weighted by Gasteiger charge is 2.39. The van der Waals surface area contributed by atoms with E-state index in [1.807, 2.05) is 6.92 Å². The van der Waals surface area contributed by atoms with E-state index < -0.39 is 0 Å². The van der Waals surface area contributed by atoms with Crippen LogP contribution in [0.4, 0.5) is 0 Å². The van der Waals surface area contributed by atoms with E-state index in [1.165, 1.54) is 0 Å². The minimum Gasteiger partial charge on any atom is -0.340 e. The first-order chi connectivity index (χ1) is 7.15. The van der Waals surface area contributed by atoms with Crippen LogP contribution in [-0.4, -0.2) is 11.9 Å². The van der Waals surface area contributed by atoms with Gasteiger partial charge in [0.25, 0.3) is 0 Å². The van der Waals surface area contributed by atoms with E-state index in [-0.39, 0.29) is 17.4 Å². The monoisotopic (exact) mass is 206 g/mol. The van der Waals surface area contributed by atoms with Crippen molar-refractivity contribution < 1.29 is 4.79 Å². The minimum atomic E-state index is -0.241. The molecule has 3 nitrogen and oxygen atoms in total. The van der Waals surface area contributed by atoms with Gasteiger partial charge in [0.05, 0.1) is 6.07 Å². The summed E-state index contributed by atoms with van der Waals surface area (Å²) in [5, 5.41) is 11.9. The Morgan fingerprint density at radius 1 is 1.47 bits per heavy atom. The fourth-order valence-electron chi connectivity index (χ4n) is 2.38. The molecule has 2 aliphatic carbocycles. The summed E-state index contributed by atoms with van der Waals surface area (Å²) in [5.41, 5.74) is -0.204. The predicted molar refractivity (Wildman–Crippen MR) is 56.8 cm³/mol. The van der Waals surface area contributed by atoms with E-state index in [0.717, 1.165) is 38.5 Å². The largest absolute Gasteiger partial charge is 0.340 e. The number of nitrogens with zero attached hydrogens (tertiary/aromatic N) is 1. The second-order valence-electron chi connectivity index (χ2n) is 5.19. The van der Waals surface area contributed by atoms with Gasteiger partial charge in [0.1, 0.15) is 6.04 Å². The van der Waals surface area contributed by atoms with E-state index in [2.05, 4.69) is 11.4 Å². The summed E-state index contributed by atoms with van der Waals surface area (Å²) in [4.78, 5) is 12.0. The highest BCUT2D eigenvalue weighted by molar-refractivity contribution is 5.83. The molecule has 0 aromatic rings. The first-order valence-electron chi connectivity index (χ1n) is 5.86. The van der Waals surface area contributed by atoms with Crippen molar-refractivity contribution in [2.45, 2.75) is 51.5 Å². The van der Waals surface area contributed by atoms with Crippen LogP contribution in [0.25, 0.3) is 0 Å². The quantitative estimate of drug-likeness (QED) is 0.767. The summed E-state index contributed by atoms with van der Waals surface area (Å²) >= 11 is 0. The number of amides is 1. The number of hydrogen-bond acceptors (Lipinski definition) is 2. The standard InChI is InChI=1S/C12H18N2O/c1-12(6-2-3-7-12)11(15)14-10(8-13)9-4-5-9/h9-10H,2-7H2,1H3,(H,14,15). The molecule has 1 amide bonds. The van der Waals surface area contributed by atoms with Crippen molar-refractivity contribution in [3.05, 3.63) is 0 Å². The van der Waals surface area contributed by atoms with Crippen LogP contribution in [0.1, 0.15) is 45.4 Å². The maximum Gasteiger partial charge on any atom is 0.226 e. The Morgan fingerprint density at radius 3 is 2.53 bits per heavy atom. The minimum absolute atomic E-state index is 0.0958. The first kappa shape index (κ1) is 10.5. The zero-order valence-electron chi connectivity index (χ0n) is 9.25. The van der Waals surface area contributed by atoms with Crippen molar-refractivity contribution in [3.8, 4) is 6.07 Å². The second kappa shape index (κ2) is 3.84. The number of carbonyl (C=O) groups excluding carboxylic acids is 1. The van der Waals surface area contributed by atoms with Crippen molar-refractivity contribution in [2.75, 3.05) is 0 Å². The van der Waals surface area contributed by atoms with Gasteiger partial charge in [0.2, 0.25) is 5.91 Å². The molecule has 0 radical (unpaired) electrons. The van der Waals surface area contributed by atoms with Gasteiger partial charge in [-0.05, 0) is 31.6 Å². The summed E-state index contributed by atoms with van der Waals surface area (Å²) in [6.07, 6.45) is 6.42. The molecule has 2 aliphatic rings. The van der Waals surface area contributed by atoms with Crippen molar-refractivity contribution in [1.29, 1.82) is 5.26 Å². The van der Waals surface area contributed by atoms with Gasteiger partial charge in [-0.25, -0.2) is 0 Å². The predicted octanol–water partition coefficient (Wildman–Crippen LogP) is 1.99. The number of hydrogen-bond donors (Lipinski definition) is 1. The lowest BCUT2D eigenvalue weighted by molar-refractivity contribution is -0.130. The van der Waals surface area contributed by atoms with Crippen LogP contribution >= 0.6 is 0 Å². The summed E-state index contributed by atoms with van der Waals surface area (Å²) in [6.45, 7) is 2.02. The number of nitrogens with one attached hydrogen (secondary N) is 1. The van der Waals surface area contributed by atoms with Crippen LogP contribution in [0.5, 0.6) is 0 Å². The number of carbonyl (C=O) groups is 1. The molecule has 0 aromatic heterocycles. The molecular formula is C12H18N2O. The van der Waals surface area contributed by atoms with E-state index >= 15 is 0 Å². The highest BCUT2D eigenvalue weighted by atomic mass is 16.2. The Labute approximate surface area is 90.8 Å². The summed E-state index contributed by atoms with van der Waals surface area (Å²) in [7, 11) is 0.